The van der Waals surface area contributed by atoms with Crippen LogP contribution in [0.25, 0.3) is 0 Å². The van der Waals surface area contributed by atoms with Crippen molar-refractivity contribution >= 4 is 5.91 Å². The lowest BCUT2D eigenvalue weighted by atomic mass is 10.6. The summed E-state index contributed by atoms with van der Waals surface area (Å²) in [5.41, 5.74) is 4.82. The van der Waals surface area contributed by atoms with Crippen LogP contribution >= 0.6 is 0 Å². The van der Waals surface area contributed by atoms with Gasteiger partial charge in [0.05, 0.1) is 0 Å². The highest BCUT2D eigenvalue weighted by molar-refractivity contribution is 5.89. The van der Waals surface area contributed by atoms with Crippen LogP contribution in [0, 0.1) is 11.5 Å². The Bertz CT molecular complexity index is 295. The Morgan fingerprint density at radius 3 is 3.00 bits per heavy atom. The van der Waals surface area contributed by atoms with E-state index < -0.39 is 5.91 Å². The third kappa shape index (κ3) is 0.798. The van der Waals surface area contributed by atoms with Gasteiger partial charge in [0.15, 0.2) is 0 Å². The molecule has 50 valence electrons. The summed E-state index contributed by atoms with van der Waals surface area (Å²) in [4.78, 5) is 13.8. The average Bonchev–Trinajstić information content (AvgIpc) is 2.33. The molecule has 0 spiro atoms. The summed E-state index contributed by atoms with van der Waals surface area (Å²) < 4.78 is 0.752. The highest BCUT2D eigenvalue weighted by atomic mass is 16.1. The molecule has 0 aliphatic heterocycles. The summed E-state index contributed by atoms with van der Waals surface area (Å²) in [6.07, 6.45) is 2.69. The fraction of sp³-hybridized carbons (Fsp3) is 0. The van der Waals surface area contributed by atoms with E-state index in [-0.39, 0.29) is 5.82 Å². The van der Waals surface area contributed by atoms with Gasteiger partial charge in [-0.25, -0.2) is 4.98 Å². The number of carbonyl (C=O) groups excluding carboxylic acids is 1. The molecule has 0 bridgehead atoms. The molecule has 0 unspecified atom stereocenters. The molecule has 1 aromatic heterocycles. The zero-order chi connectivity index (χ0) is 7.56. The minimum atomic E-state index is -0.765. The Kier molecular flexibility index (Phi) is 1.33. The number of nitrogens with two attached hydrogens (primary N) is 1. The molecule has 0 aromatic carbocycles. The number of rotatable bonds is 1. The van der Waals surface area contributed by atoms with Gasteiger partial charge < -0.3 is 5.73 Å². The minimum absolute atomic E-state index is 0.150. The van der Waals surface area contributed by atoms with Crippen molar-refractivity contribution in [3.63, 3.8) is 0 Å². The van der Waals surface area contributed by atoms with Crippen LogP contribution in [0.2, 0.25) is 0 Å². The van der Waals surface area contributed by atoms with Crippen LogP contribution < -0.4 is 5.73 Å². The van der Waals surface area contributed by atoms with E-state index in [1.165, 1.54) is 0 Å². The molecule has 6 heteroatoms. The van der Waals surface area contributed by atoms with Gasteiger partial charge in [-0.1, -0.05) is 0 Å². The monoisotopic (exact) mass is 137 g/mol. The highest BCUT2D eigenvalue weighted by Gasteiger charge is 2.07. The van der Waals surface area contributed by atoms with Crippen molar-refractivity contribution in [3.8, 4) is 6.19 Å². The molecule has 6 nitrogen and oxygen atoms in total. The smallest absolute Gasteiger partial charge is 0.287 e. The Morgan fingerprint density at radius 2 is 2.60 bits per heavy atom. The van der Waals surface area contributed by atoms with Crippen LogP contribution in [0.3, 0.4) is 0 Å². The Balaban J connectivity index is 3.17. The van der Waals surface area contributed by atoms with Gasteiger partial charge in [-0.3, -0.25) is 4.79 Å². The molecular formula is C4H3N5O. The van der Waals surface area contributed by atoms with Crippen molar-refractivity contribution in [2.24, 2.45) is 5.73 Å². The highest BCUT2D eigenvalue weighted by Crippen LogP contribution is 1.87. The van der Waals surface area contributed by atoms with Crippen LogP contribution in [0.1, 0.15) is 10.6 Å². The number of nitriles is 1. The molecule has 0 fully saturated rings. The van der Waals surface area contributed by atoms with Crippen LogP contribution in [-0.4, -0.2) is 20.7 Å². The molecule has 0 saturated heterocycles. The number of carbonyl (C=O) groups is 1. The molecule has 1 amide bonds. The van der Waals surface area contributed by atoms with E-state index in [9.17, 15) is 4.79 Å². The van der Waals surface area contributed by atoms with Gasteiger partial charge in [0.2, 0.25) is 12.0 Å². The van der Waals surface area contributed by atoms with Gasteiger partial charge in [0.25, 0.3) is 5.91 Å². The molecule has 0 saturated carbocycles. The molecular weight excluding hydrogens is 134 g/mol. The largest absolute Gasteiger partial charge is 0.363 e. The van der Waals surface area contributed by atoms with E-state index in [4.69, 9.17) is 11.0 Å². The molecule has 1 rings (SSSR count). The first-order valence-corrected chi connectivity index (χ1v) is 2.35. The van der Waals surface area contributed by atoms with Gasteiger partial charge in [-0.2, -0.15) is 5.26 Å². The Labute approximate surface area is 55.9 Å². The average molecular weight is 137 g/mol. The zero-order valence-corrected chi connectivity index (χ0v) is 4.85. The molecule has 0 atom stereocenters. The summed E-state index contributed by atoms with van der Waals surface area (Å²) >= 11 is 0. The molecule has 10 heavy (non-hydrogen) atoms. The van der Waals surface area contributed by atoms with Gasteiger partial charge in [0, 0.05) is 0 Å². The number of nitrogens with zero attached hydrogens (tertiary/aromatic N) is 4. The van der Waals surface area contributed by atoms with Crippen molar-refractivity contribution in [2.45, 2.75) is 0 Å². The van der Waals surface area contributed by atoms with Crippen molar-refractivity contribution < 1.29 is 4.79 Å². The maximum atomic E-state index is 10.4. The fourth-order valence-corrected chi connectivity index (χ4v) is 0.483. The summed E-state index contributed by atoms with van der Waals surface area (Å²) in [6, 6.07) is 0. The predicted molar refractivity (Wildman–Crippen MR) is 29.6 cm³/mol. The van der Waals surface area contributed by atoms with E-state index in [2.05, 4.69) is 10.1 Å². The van der Waals surface area contributed by atoms with E-state index in [0.717, 1.165) is 11.0 Å². The van der Waals surface area contributed by atoms with Crippen LogP contribution in [0.5, 0.6) is 0 Å². The van der Waals surface area contributed by atoms with E-state index >= 15 is 0 Å². The van der Waals surface area contributed by atoms with Gasteiger partial charge >= 0.3 is 0 Å². The topological polar surface area (TPSA) is 97.6 Å². The normalized spacial score (nSPS) is 8.70. The van der Waals surface area contributed by atoms with Crippen molar-refractivity contribution in [2.75, 3.05) is 0 Å². The summed E-state index contributed by atoms with van der Waals surface area (Å²) in [7, 11) is 0. The lowest BCUT2D eigenvalue weighted by Gasteiger charge is -1.86. The molecule has 0 aliphatic rings. The first kappa shape index (κ1) is 6.22. The summed E-state index contributed by atoms with van der Waals surface area (Å²) in [6.45, 7) is 0. The predicted octanol–water partition coefficient (Wildman–Crippen LogP) is -1.29. The second kappa shape index (κ2) is 2.14. The lowest BCUT2D eigenvalue weighted by Crippen LogP contribution is -2.16. The SMILES string of the molecule is N#Cn1ncnc1C(N)=O. The molecule has 2 N–H and O–H groups in total. The van der Waals surface area contributed by atoms with Gasteiger partial charge in [-0.05, 0) is 0 Å². The molecule has 1 heterocycles. The number of amides is 1. The van der Waals surface area contributed by atoms with Crippen molar-refractivity contribution in [1.29, 1.82) is 5.26 Å². The van der Waals surface area contributed by atoms with Crippen molar-refractivity contribution in [1.82, 2.24) is 14.8 Å². The van der Waals surface area contributed by atoms with Crippen LogP contribution in [0.15, 0.2) is 6.33 Å². The zero-order valence-electron chi connectivity index (χ0n) is 4.85. The quantitative estimate of drug-likeness (QED) is 0.520. The third-order valence-corrected chi connectivity index (χ3v) is 0.863. The molecule has 0 radical (unpaired) electrons. The fourth-order valence-electron chi connectivity index (χ4n) is 0.483. The number of hydrogen-bond acceptors (Lipinski definition) is 4. The van der Waals surface area contributed by atoms with E-state index in [1.54, 1.807) is 6.19 Å². The van der Waals surface area contributed by atoms with Gasteiger partial charge in [-0.15, -0.1) is 9.78 Å². The van der Waals surface area contributed by atoms with Crippen LogP contribution in [-0.2, 0) is 0 Å². The van der Waals surface area contributed by atoms with Crippen LogP contribution in [0.4, 0.5) is 0 Å². The Hall–Kier alpha value is -1.90. The second-order valence-corrected chi connectivity index (χ2v) is 1.46. The summed E-state index contributed by atoms with van der Waals surface area (Å²) in [5.74, 6) is -0.915. The first-order valence-electron chi connectivity index (χ1n) is 2.35. The second-order valence-electron chi connectivity index (χ2n) is 1.46. The third-order valence-electron chi connectivity index (χ3n) is 0.863. The van der Waals surface area contributed by atoms with Crippen molar-refractivity contribution in [3.05, 3.63) is 12.2 Å². The first-order chi connectivity index (χ1) is 4.75. The lowest BCUT2D eigenvalue weighted by molar-refractivity contribution is 0.0988. The molecule has 0 aliphatic carbocycles. The molecule has 1 aromatic rings. The van der Waals surface area contributed by atoms with Gasteiger partial charge in [0.1, 0.15) is 6.33 Å². The minimum Gasteiger partial charge on any atom is -0.363 e. The number of aromatic nitrogens is 3. The van der Waals surface area contributed by atoms with E-state index in [1.807, 2.05) is 0 Å². The Morgan fingerprint density at radius 1 is 1.90 bits per heavy atom. The summed E-state index contributed by atoms with van der Waals surface area (Å²) in [5, 5.41) is 11.7. The maximum absolute atomic E-state index is 10.4. The van der Waals surface area contributed by atoms with E-state index in [0.29, 0.717) is 0 Å². The number of primary amides is 1. The number of hydrogen-bond donors (Lipinski definition) is 1. The maximum Gasteiger partial charge on any atom is 0.287 e. The standard InChI is InChI=1S/C4H3N5O/c5-1-9-4(3(6)10)7-2-8-9/h2H,(H2,6,10).